The average molecular weight is 124 g/mol. The molecule has 1 heterocycles. The summed E-state index contributed by atoms with van der Waals surface area (Å²) in [5.41, 5.74) is 0. The van der Waals surface area contributed by atoms with Crippen molar-refractivity contribution >= 4 is 7.28 Å². The fourth-order valence-electron chi connectivity index (χ4n) is 1.67. The third-order valence-electron chi connectivity index (χ3n) is 2.55. The van der Waals surface area contributed by atoms with Gasteiger partial charge >= 0.3 is 0 Å². The van der Waals surface area contributed by atoms with Crippen LogP contribution in [0.1, 0.15) is 26.7 Å². The van der Waals surface area contributed by atoms with E-state index in [1.54, 1.807) is 0 Å². The summed E-state index contributed by atoms with van der Waals surface area (Å²) in [5.74, 6) is 2.02. The van der Waals surface area contributed by atoms with Crippen LogP contribution in [0.5, 0.6) is 0 Å². The van der Waals surface area contributed by atoms with Crippen molar-refractivity contribution in [1.82, 2.24) is 0 Å². The normalized spacial score (nSPS) is 37.1. The summed E-state index contributed by atoms with van der Waals surface area (Å²) in [4.78, 5) is 0. The Bertz CT molecular complexity index is 70.6. The van der Waals surface area contributed by atoms with E-state index in [4.69, 9.17) is 0 Å². The fourth-order valence-corrected chi connectivity index (χ4v) is 1.67. The van der Waals surface area contributed by atoms with Crippen molar-refractivity contribution in [3.63, 3.8) is 0 Å². The minimum atomic E-state index is 1.01. The molecule has 0 aromatic heterocycles. The SMILES string of the molecule is CC1CBCC(C)CC1. The lowest BCUT2D eigenvalue weighted by Gasteiger charge is -2.05. The van der Waals surface area contributed by atoms with E-state index in [1.165, 1.54) is 32.8 Å². The lowest BCUT2D eigenvalue weighted by Crippen LogP contribution is -1.94. The molecule has 0 amide bonds. The Morgan fingerprint density at radius 1 is 1.00 bits per heavy atom. The standard InChI is InChI=1S/C8H17B/c1-7-3-4-8(2)6-9-5-7/h7-9H,3-6H2,1-2H3. The lowest BCUT2D eigenvalue weighted by atomic mass is 9.66. The quantitative estimate of drug-likeness (QED) is 0.434. The van der Waals surface area contributed by atoms with E-state index in [0.717, 1.165) is 11.8 Å². The Kier molecular flexibility index (Phi) is 2.62. The molecule has 2 atom stereocenters. The Labute approximate surface area is 59.3 Å². The van der Waals surface area contributed by atoms with Crippen LogP contribution in [-0.2, 0) is 0 Å². The fraction of sp³-hybridized carbons (Fsp3) is 1.00. The van der Waals surface area contributed by atoms with E-state index < -0.39 is 0 Å². The number of rotatable bonds is 0. The molecular weight excluding hydrogens is 107 g/mol. The first kappa shape index (κ1) is 7.18. The van der Waals surface area contributed by atoms with Crippen molar-refractivity contribution in [2.75, 3.05) is 0 Å². The van der Waals surface area contributed by atoms with Gasteiger partial charge in [-0.05, 0) is 0 Å². The van der Waals surface area contributed by atoms with Gasteiger partial charge in [-0.1, -0.05) is 51.2 Å². The summed E-state index contributed by atoms with van der Waals surface area (Å²) in [6, 6.07) is 0. The van der Waals surface area contributed by atoms with Gasteiger partial charge in [0, 0.05) is 0 Å². The van der Waals surface area contributed by atoms with Gasteiger partial charge in [-0.2, -0.15) is 0 Å². The number of hydrogen-bond donors (Lipinski definition) is 0. The summed E-state index contributed by atoms with van der Waals surface area (Å²) < 4.78 is 0. The Morgan fingerprint density at radius 2 is 1.44 bits per heavy atom. The van der Waals surface area contributed by atoms with Gasteiger partial charge in [0.1, 0.15) is 7.28 Å². The molecule has 0 N–H and O–H groups in total. The van der Waals surface area contributed by atoms with Crippen LogP contribution < -0.4 is 0 Å². The van der Waals surface area contributed by atoms with Crippen LogP contribution in [0.3, 0.4) is 0 Å². The first-order valence-electron chi connectivity index (χ1n) is 4.29. The smallest absolute Gasteiger partial charge is 0.0749 e. The third-order valence-corrected chi connectivity index (χ3v) is 2.55. The van der Waals surface area contributed by atoms with E-state index in [0.29, 0.717) is 0 Å². The van der Waals surface area contributed by atoms with E-state index in [2.05, 4.69) is 13.8 Å². The Morgan fingerprint density at radius 3 is 1.89 bits per heavy atom. The number of hydrogen-bond acceptors (Lipinski definition) is 0. The van der Waals surface area contributed by atoms with Crippen molar-refractivity contribution in [2.24, 2.45) is 11.8 Å². The first-order valence-corrected chi connectivity index (χ1v) is 4.29. The highest BCUT2D eigenvalue weighted by Gasteiger charge is 2.12. The maximum Gasteiger partial charge on any atom is 0.121 e. The van der Waals surface area contributed by atoms with Crippen LogP contribution in [0, 0.1) is 11.8 Å². The molecule has 2 unspecified atom stereocenters. The molecule has 0 saturated carbocycles. The van der Waals surface area contributed by atoms with E-state index in [-0.39, 0.29) is 0 Å². The minimum Gasteiger partial charge on any atom is -0.0749 e. The summed E-state index contributed by atoms with van der Waals surface area (Å²) in [6.45, 7) is 4.77. The van der Waals surface area contributed by atoms with Gasteiger partial charge in [0.15, 0.2) is 0 Å². The summed E-state index contributed by atoms with van der Waals surface area (Å²) >= 11 is 0. The molecule has 1 aliphatic rings. The lowest BCUT2D eigenvalue weighted by molar-refractivity contribution is 0.493. The molecule has 0 radical (unpaired) electrons. The maximum absolute atomic E-state index is 2.39. The molecule has 1 saturated heterocycles. The van der Waals surface area contributed by atoms with Crippen molar-refractivity contribution in [1.29, 1.82) is 0 Å². The first-order chi connectivity index (χ1) is 4.29. The molecule has 1 aliphatic heterocycles. The van der Waals surface area contributed by atoms with Crippen molar-refractivity contribution < 1.29 is 0 Å². The zero-order valence-electron chi connectivity index (χ0n) is 6.69. The average Bonchev–Trinajstić information content (AvgIpc) is 1.97. The Balaban J connectivity index is 2.25. The molecule has 0 aliphatic carbocycles. The molecule has 0 bridgehead atoms. The molecule has 0 spiro atoms. The second-order valence-electron chi connectivity index (χ2n) is 3.72. The van der Waals surface area contributed by atoms with Crippen LogP contribution in [0.2, 0.25) is 12.6 Å². The highest BCUT2D eigenvalue weighted by Crippen LogP contribution is 2.23. The van der Waals surface area contributed by atoms with E-state index in [1.807, 2.05) is 0 Å². The zero-order valence-corrected chi connectivity index (χ0v) is 6.69. The molecule has 52 valence electrons. The second kappa shape index (κ2) is 3.29. The van der Waals surface area contributed by atoms with Crippen LogP contribution in [0.4, 0.5) is 0 Å². The van der Waals surface area contributed by atoms with Crippen LogP contribution in [-0.4, -0.2) is 7.28 Å². The predicted molar refractivity (Wildman–Crippen MR) is 44.3 cm³/mol. The van der Waals surface area contributed by atoms with E-state index in [9.17, 15) is 0 Å². The van der Waals surface area contributed by atoms with Crippen LogP contribution in [0.15, 0.2) is 0 Å². The second-order valence-corrected chi connectivity index (χ2v) is 3.72. The summed E-state index contributed by atoms with van der Waals surface area (Å²) in [6.07, 6.45) is 5.90. The van der Waals surface area contributed by atoms with Gasteiger partial charge < -0.3 is 0 Å². The summed E-state index contributed by atoms with van der Waals surface area (Å²) in [5, 5.41) is 0. The molecule has 1 fully saturated rings. The summed E-state index contributed by atoms with van der Waals surface area (Å²) in [7, 11) is 1.47. The van der Waals surface area contributed by atoms with E-state index >= 15 is 0 Å². The largest absolute Gasteiger partial charge is 0.121 e. The molecule has 0 aromatic rings. The minimum absolute atomic E-state index is 1.01. The molecule has 0 nitrogen and oxygen atoms in total. The van der Waals surface area contributed by atoms with Gasteiger partial charge in [0.2, 0.25) is 0 Å². The van der Waals surface area contributed by atoms with Gasteiger partial charge in [-0.3, -0.25) is 0 Å². The van der Waals surface area contributed by atoms with Crippen molar-refractivity contribution in [3.8, 4) is 0 Å². The van der Waals surface area contributed by atoms with Crippen molar-refractivity contribution in [2.45, 2.75) is 39.3 Å². The Hall–Kier alpha value is 0.0649. The van der Waals surface area contributed by atoms with Crippen LogP contribution in [0.25, 0.3) is 0 Å². The topological polar surface area (TPSA) is 0 Å². The van der Waals surface area contributed by atoms with Crippen molar-refractivity contribution in [3.05, 3.63) is 0 Å². The van der Waals surface area contributed by atoms with Gasteiger partial charge in [-0.15, -0.1) is 0 Å². The third kappa shape index (κ3) is 2.42. The molecule has 1 heteroatoms. The predicted octanol–water partition coefficient (Wildman–Crippen LogP) is 2.33. The molecule has 1 rings (SSSR count). The van der Waals surface area contributed by atoms with Gasteiger partial charge in [0.05, 0.1) is 0 Å². The highest BCUT2D eigenvalue weighted by molar-refractivity contribution is 6.35. The maximum atomic E-state index is 2.39. The van der Waals surface area contributed by atoms with Crippen LogP contribution >= 0.6 is 0 Å². The zero-order chi connectivity index (χ0) is 6.69. The highest BCUT2D eigenvalue weighted by atomic mass is 14.1. The molecule has 9 heavy (non-hydrogen) atoms. The molecule has 0 aromatic carbocycles. The van der Waals surface area contributed by atoms with Gasteiger partial charge in [0.25, 0.3) is 0 Å². The molecular formula is C8H17B. The monoisotopic (exact) mass is 124 g/mol. The van der Waals surface area contributed by atoms with Gasteiger partial charge in [-0.25, -0.2) is 0 Å².